The molecule has 194 valence electrons. The van der Waals surface area contributed by atoms with Gasteiger partial charge in [0.1, 0.15) is 29.2 Å². The Morgan fingerprint density at radius 3 is 2.47 bits per heavy atom. The molecule has 0 spiro atoms. The number of rotatable bonds is 8. The summed E-state index contributed by atoms with van der Waals surface area (Å²) in [6, 6.07) is 4.40. The van der Waals surface area contributed by atoms with E-state index in [0.717, 1.165) is 30.6 Å². The number of nitrogens with one attached hydrogen (secondary N) is 3. The van der Waals surface area contributed by atoms with Gasteiger partial charge in [-0.1, -0.05) is 31.7 Å². The zero-order valence-corrected chi connectivity index (χ0v) is 22.0. The minimum absolute atomic E-state index is 0.0155. The number of hydrogen-bond donors (Lipinski definition) is 3. The number of ether oxygens (including phenoxy) is 2. The molecule has 0 radical (unpaired) electrons. The number of hydrogen-bond acceptors (Lipinski definition) is 6. The molecule has 1 unspecified atom stereocenters. The molecule has 2 aromatic rings. The number of carbonyl (C=O) groups excluding carboxylic acids is 1. The molecule has 36 heavy (non-hydrogen) atoms. The Morgan fingerprint density at radius 1 is 1.19 bits per heavy atom. The van der Waals surface area contributed by atoms with Gasteiger partial charge in [-0.05, 0) is 44.7 Å². The minimum Gasteiger partial charge on any atom is -0.495 e. The molecule has 0 bridgehead atoms. The van der Waals surface area contributed by atoms with Gasteiger partial charge in [-0.3, -0.25) is 4.79 Å². The van der Waals surface area contributed by atoms with E-state index in [-0.39, 0.29) is 11.7 Å². The van der Waals surface area contributed by atoms with Gasteiger partial charge in [-0.25, -0.2) is 9.37 Å². The van der Waals surface area contributed by atoms with Crippen LogP contribution in [0.5, 0.6) is 11.5 Å². The van der Waals surface area contributed by atoms with E-state index in [9.17, 15) is 9.18 Å². The highest BCUT2D eigenvalue weighted by Gasteiger charge is 2.25. The van der Waals surface area contributed by atoms with Crippen molar-refractivity contribution < 1.29 is 18.7 Å². The molecule has 1 amide bonds. The molecule has 0 saturated heterocycles. The Balaban J connectivity index is 0.00000145. The summed E-state index contributed by atoms with van der Waals surface area (Å²) in [5, 5.41) is 8.26. The number of benzene rings is 1. The first kappa shape index (κ1) is 28.6. The zero-order chi connectivity index (χ0) is 26.7. The molecule has 3 N–H and O–H groups in total. The Labute approximate surface area is 213 Å². The number of anilines is 2. The fraction of sp³-hybridized carbons (Fsp3) is 0.357. The van der Waals surface area contributed by atoms with Crippen molar-refractivity contribution >= 4 is 17.4 Å². The third kappa shape index (κ3) is 7.18. The lowest BCUT2D eigenvalue weighted by atomic mass is 10.1. The zero-order valence-electron chi connectivity index (χ0n) is 22.0. The van der Waals surface area contributed by atoms with Gasteiger partial charge in [0, 0.05) is 43.8 Å². The third-order valence-corrected chi connectivity index (χ3v) is 5.62. The molecular formula is C28H37FN4O3. The van der Waals surface area contributed by atoms with E-state index in [1.165, 1.54) is 37.4 Å². The van der Waals surface area contributed by atoms with Crippen molar-refractivity contribution in [3.8, 4) is 11.5 Å². The van der Waals surface area contributed by atoms with E-state index in [2.05, 4.69) is 33.6 Å². The first-order valence-corrected chi connectivity index (χ1v) is 11.9. The number of allylic oxidation sites excluding steroid dienone is 3. The number of carbonyl (C=O) groups is 1. The average molecular weight is 497 g/mol. The number of aromatic nitrogens is 1. The number of nitrogens with zero attached hydrogens (tertiary/aromatic N) is 1. The molecule has 1 aromatic carbocycles. The van der Waals surface area contributed by atoms with Crippen molar-refractivity contribution in [3.05, 3.63) is 77.3 Å². The topological polar surface area (TPSA) is 84.5 Å². The summed E-state index contributed by atoms with van der Waals surface area (Å²) in [6.07, 6.45) is 10.1. The van der Waals surface area contributed by atoms with E-state index in [4.69, 9.17) is 9.47 Å². The molecule has 8 heteroatoms. The van der Waals surface area contributed by atoms with Crippen molar-refractivity contribution in [1.82, 2.24) is 15.6 Å². The van der Waals surface area contributed by atoms with Crippen LogP contribution in [0.25, 0.3) is 0 Å². The van der Waals surface area contributed by atoms with Crippen molar-refractivity contribution in [2.24, 2.45) is 0 Å². The lowest BCUT2D eigenvalue weighted by molar-refractivity contribution is 0.0958. The Hall–Kier alpha value is -3.65. The van der Waals surface area contributed by atoms with Crippen molar-refractivity contribution in [2.45, 2.75) is 39.2 Å². The van der Waals surface area contributed by atoms with Crippen LogP contribution in [0.4, 0.5) is 15.9 Å². The molecule has 1 aliphatic carbocycles. The quantitative estimate of drug-likeness (QED) is 0.458. The van der Waals surface area contributed by atoms with Gasteiger partial charge in [-0.2, -0.15) is 0 Å². The molecule has 1 saturated carbocycles. The summed E-state index contributed by atoms with van der Waals surface area (Å²) in [4.78, 5) is 16.3. The lowest BCUT2D eigenvalue weighted by Gasteiger charge is -2.18. The molecule has 1 aromatic heterocycles. The normalized spacial score (nSPS) is 16.8. The Kier molecular flexibility index (Phi) is 11.1. The number of aryl methyl sites for hydroxylation is 1. The van der Waals surface area contributed by atoms with E-state index in [0.29, 0.717) is 17.3 Å². The second-order valence-electron chi connectivity index (χ2n) is 8.16. The standard InChI is InChI=1S/C26H30FN3O3.C2H7N/c1-6-9-18-11-19(10-16(18)7-2)33-23-14-25(29-15-17(23)8-3)30-22-13-21(27)20(26(31)28-4)12-24(22)32-5;1-3-2/h6-7,9,12-15,19H,1,8,10-11H2,2-5H3,(H,28,31)(H,29,30);3H,1-2H3/b16-7-,18-9-;. The maximum Gasteiger partial charge on any atom is 0.254 e. The van der Waals surface area contributed by atoms with Gasteiger partial charge < -0.3 is 25.4 Å². The summed E-state index contributed by atoms with van der Waals surface area (Å²) >= 11 is 0. The Bertz CT molecular complexity index is 1130. The molecule has 7 nitrogen and oxygen atoms in total. The molecule has 3 rings (SSSR count). The lowest BCUT2D eigenvalue weighted by Crippen LogP contribution is -2.19. The fourth-order valence-electron chi connectivity index (χ4n) is 3.88. The first-order valence-electron chi connectivity index (χ1n) is 11.9. The van der Waals surface area contributed by atoms with Gasteiger partial charge >= 0.3 is 0 Å². The van der Waals surface area contributed by atoms with Crippen molar-refractivity contribution in [2.75, 3.05) is 33.6 Å². The molecule has 1 heterocycles. The molecule has 0 aliphatic heterocycles. The predicted molar refractivity (Wildman–Crippen MR) is 144 cm³/mol. The fourth-order valence-corrected chi connectivity index (χ4v) is 3.88. The van der Waals surface area contributed by atoms with Crippen LogP contribution in [0.1, 0.15) is 42.6 Å². The van der Waals surface area contributed by atoms with Gasteiger partial charge in [0.2, 0.25) is 0 Å². The summed E-state index contributed by atoms with van der Waals surface area (Å²) in [5.41, 5.74) is 3.75. The average Bonchev–Trinajstić information content (AvgIpc) is 3.26. The largest absolute Gasteiger partial charge is 0.495 e. The monoisotopic (exact) mass is 496 g/mol. The van der Waals surface area contributed by atoms with E-state index < -0.39 is 11.7 Å². The maximum absolute atomic E-state index is 14.5. The summed E-state index contributed by atoms with van der Waals surface area (Å²) in [7, 11) is 6.66. The van der Waals surface area contributed by atoms with Crippen LogP contribution >= 0.6 is 0 Å². The summed E-state index contributed by atoms with van der Waals surface area (Å²) in [5.74, 6) is 0.355. The first-order chi connectivity index (χ1) is 17.3. The second kappa shape index (κ2) is 14.0. The summed E-state index contributed by atoms with van der Waals surface area (Å²) < 4.78 is 26.3. The van der Waals surface area contributed by atoms with Crippen molar-refractivity contribution in [1.29, 1.82) is 0 Å². The number of halogens is 1. The molecule has 1 fully saturated rings. The van der Waals surface area contributed by atoms with Crippen LogP contribution in [-0.2, 0) is 6.42 Å². The van der Waals surface area contributed by atoms with E-state index in [1.807, 2.05) is 40.1 Å². The highest BCUT2D eigenvalue weighted by atomic mass is 19.1. The molecule has 1 atom stereocenters. The van der Waals surface area contributed by atoms with E-state index >= 15 is 0 Å². The third-order valence-electron chi connectivity index (χ3n) is 5.62. The van der Waals surface area contributed by atoms with Gasteiger partial charge in [-0.15, -0.1) is 0 Å². The molecular weight excluding hydrogens is 459 g/mol. The van der Waals surface area contributed by atoms with Gasteiger partial charge in [0.15, 0.2) is 0 Å². The SMILES string of the molecule is C=C/C=C1/CC(Oc2cc(Nc3cc(F)c(C(=O)NC)cc3OC)ncc2CC)C/C1=C/C.CNC. The van der Waals surface area contributed by atoms with Crippen molar-refractivity contribution in [3.63, 3.8) is 0 Å². The highest BCUT2D eigenvalue weighted by Crippen LogP contribution is 2.36. The minimum atomic E-state index is -0.661. The van der Waals surface area contributed by atoms with Gasteiger partial charge in [0.25, 0.3) is 5.91 Å². The van der Waals surface area contributed by atoms with Crippen LogP contribution in [0.3, 0.4) is 0 Å². The predicted octanol–water partition coefficient (Wildman–Crippen LogP) is 5.33. The van der Waals surface area contributed by atoms with E-state index in [1.54, 1.807) is 12.3 Å². The number of methoxy groups -OCH3 is 1. The second-order valence-corrected chi connectivity index (χ2v) is 8.16. The van der Waals surface area contributed by atoms with Crippen LogP contribution in [0.15, 0.2) is 60.3 Å². The van der Waals surface area contributed by atoms with Crippen LogP contribution < -0.4 is 25.4 Å². The number of pyridine rings is 1. The van der Waals surface area contributed by atoms with Crippen LogP contribution in [0, 0.1) is 5.82 Å². The Morgan fingerprint density at radius 2 is 1.89 bits per heavy atom. The highest BCUT2D eigenvalue weighted by molar-refractivity contribution is 5.95. The number of amides is 1. The van der Waals surface area contributed by atoms with Gasteiger partial charge in [0.05, 0.1) is 18.4 Å². The smallest absolute Gasteiger partial charge is 0.254 e. The van der Waals surface area contributed by atoms with Crippen LogP contribution in [-0.4, -0.2) is 45.2 Å². The summed E-state index contributed by atoms with van der Waals surface area (Å²) in [6.45, 7) is 7.87. The molecule has 1 aliphatic rings. The van der Waals surface area contributed by atoms with Crippen LogP contribution in [0.2, 0.25) is 0 Å². The maximum atomic E-state index is 14.5.